The molecule has 2 atom stereocenters. The minimum absolute atomic E-state index is 0.0753. The highest BCUT2D eigenvalue weighted by Crippen LogP contribution is 2.12. The van der Waals surface area contributed by atoms with Gasteiger partial charge >= 0.3 is 0 Å². The van der Waals surface area contributed by atoms with Gasteiger partial charge in [0.2, 0.25) is 0 Å². The number of ether oxygens (including phenoxy) is 1. The van der Waals surface area contributed by atoms with E-state index in [0.29, 0.717) is 6.54 Å². The second-order valence-electron chi connectivity index (χ2n) is 4.85. The summed E-state index contributed by atoms with van der Waals surface area (Å²) >= 11 is 0. The number of nitrogens with two attached hydrogens (primary N) is 1. The van der Waals surface area contributed by atoms with Crippen LogP contribution in [0.15, 0.2) is 30.3 Å². The van der Waals surface area contributed by atoms with Crippen LogP contribution in [-0.2, 0) is 11.2 Å². The van der Waals surface area contributed by atoms with Gasteiger partial charge < -0.3 is 15.8 Å². The van der Waals surface area contributed by atoms with E-state index in [2.05, 4.69) is 36.5 Å². The Labute approximate surface area is 104 Å². The van der Waals surface area contributed by atoms with Crippen LogP contribution in [-0.4, -0.2) is 31.8 Å². The van der Waals surface area contributed by atoms with Crippen LogP contribution in [0.3, 0.4) is 0 Å². The van der Waals surface area contributed by atoms with Gasteiger partial charge in [-0.25, -0.2) is 0 Å². The first kappa shape index (κ1) is 14.2. The summed E-state index contributed by atoms with van der Waals surface area (Å²) in [5.41, 5.74) is 7.11. The summed E-state index contributed by atoms with van der Waals surface area (Å²) in [6.45, 7) is 5.63. The third kappa shape index (κ3) is 4.86. The Morgan fingerprint density at radius 3 is 2.53 bits per heavy atom. The molecule has 1 aromatic carbocycles. The van der Waals surface area contributed by atoms with Crippen molar-refractivity contribution in [2.45, 2.75) is 31.9 Å². The molecule has 0 spiro atoms. The highest BCUT2D eigenvalue weighted by Gasteiger charge is 2.22. The van der Waals surface area contributed by atoms with E-state index >= 15 is 0 Å². The van der Waals surface area contributed by atoms with E-state index in [1.54, 1.807) is 7.11 Å². The van der Waals surface area contributed by atoms with E-state index in [4.69, 9.17) is 10.5 Å². The SMILES string of the molecule is COC(C)CNC(C)(CN)Cc1ccccc1. The molecule has 3 nitrogen and oxygen atoms in total. The molecule has 1 aromatic rings. The summed E-state index contributed by atoms with van der Waals surface area (Å²) in [5, 5.41) is 3.49. The van der Waals surface area contributed by atoms with E-state index < -0.39 is 0 Å². The van der Waals surface area contributed by atoms with Crippen LogP contribution < -0.4 is 11.1 Å². The second-order valence-corrected chi connectivity index (χ2v) is 4.85. The molecule has 0 bridgehead atoms. The monoisotopic (exact) mass is 236 g/mol. The number of rotatable bonds is 7. The van der Waals surface area contributed by atoms with Crippen LogP contribution in [0.4, 0.5) is 0 Å². The number of nitrogens with one attached hydrogen (secondary N) is 1. The smallest absolute Gasteiger partial charge is 0.0667 e. The van der Waals surface area contributed by atoms with Gasteiger partial charge in [-0.2, -0.15) is 0 Å². The van der Waals surface area contributed by atoms with Crippen LogP contribution >= 0.6 is 0 Å². The minimum Gasteiger partial charge on any atom is -0.380 e. The van der Waals surface area contributed by atoms with Crippen molar-refractivity contribution in [3.63, 3.8) is 0 Å². The maximum absolute atomic E-state index is 5.88. The molecular weight excluding hydrogens is 212 g/mol. The second kappa shape index (κ2) is 6.74. The van der Waals surface area contributed by atoms with Crippen LogP contribution in [0.25, 0.3) is 0 Å². The number of methoxy groups -OCH3 is 1. The van der Waals surface area contributed by atoms with Gasteiger partial charge in [0.25, 0.3) is 0 Å². The van der Waals surface area contributed by atoms with Crippen LogP contribution in [0.5, 0.6) is 0 Å². The fourth-order valence-electron chi connectivity index (χ4n) is 1.73. The Kier molecular flexibility index (Phi) is 5.62. The normalized spacial score (nSPS) is 16.5. The number of benzene rings is 1. The van der Waals surface area contributed by atoms with Crippen molar-refractivity contribution in [2.75, 3.05) is 20.2 Å². The molecule has 0 aliphatic heterocycles. The molecule has 0 radical (unpaired) electrons. The fourth-order valence-corrected chi connectivity index (χ4v) is 1.73. The maximum atomic E-state index is 5.88. The largest absolute Gasteiger partial charge is 0.380 e. The van der Waals surface area contributed by atoms with Gasteiger partial charge in [0.1, 0.15) is 0 Å². The lowest BCUT2D eigenvalue weighted by molar-refractivity contribution is 0.108. The zero-order valence-corrected chi connectivity index (χ0v) is 11.1. The quantitative estimate of drug-likeness (QED) is 0.755. The van der Waals surface area contributed by atoms with Crippen molar-refractivity contribution in [2.24, 2.45) is 5.73 Å². The molecule has 0 amide bonds. The summed E-state index contributed by atoms with van der Waals surface area (Å²) in [7, 11) is 1.73. The summed E-state index contributed by atoms with van der Waals surface area (Å²) in [4.78, 5) is 0. The van der Waals surface area contributed by atoms with E-state index in [-0.39, 0.29) is 11.6 Å². The van der Waals surface area contributed by atoms with E-state index in [9.17, 15) is 0 Å². The Balaban J connectivity index is 2.56. The van der Waals surface area contributed by atoms with Crippen molar-refractivity contribution in [3.05, 3.63) is 35.9 Å². The molecule has 1 rings (SSSR count). The molecule has 3 heteroatoms. The highest BCUT2D eigenvalue weighted by atomic mass is 16.5. The Morgan fingerprint density at radius 1 is 1.35 bits per heavy atom. The first-order chi connectivity index (χ1) is 8.09. The lowest BCUT2D eigenvalue weighted by Crippen LogP contribution is -2.52. The predicted molar refractivity (Wildman–Crippen MR) is 72.1 cm³/mol. The molecule has 0 saturated carbocycles. The minimum atomic E-state index is -0.0753. The van der Waals surface area contributed by atoms with Gasteiger partial charge in [-0.05, 0) is 25.8 Å². The lowest BCUT2D eigenvalue weighted by Gasteiger charge is -2.31. The Bertz CT molecular complexity index is 315. The third-order valence-electron chi connectivity index (χ3n) is 3.11. The average Bonchev–Trinajstić information content (AvgIpc) is 2.37. The lowest BCUT2D eigenvalue weighted by atomic mass is 9.92. The molecular formula is C14H24N2O. The van der Waals surface area contributed by atoms with Crippen molar-refractivity contribution in [3.8, 4) is 0 Å². The first-order valence-corrected chi connectivity index (χ1v) is 6.11. The molecule has 3 N–H and O–H groups in total. The molecule has 0 aromatic heterocycles. The van der Waals surface area contributed by atoms with Gasteiger partial charge in [0.15, 0.2) is 0 Å². The van der Waals surface area contributed by atoms with Gasteiger partial charge in [0, 0.05) is 25.7 Å². The van der Waals surface area contributed by atoms with Gasteiger partial charge in [-0.3, -0.25) is 0 Å². The average molecular weight is 236 g/mol. The molecule has 0 fully saturated rings. The maximum Gasteiger partial charge on any atom is 0.0667 e. The standard InChI is InChI=1S/C14H24N2O/c1-12(17-3)10-16-14(2,11-15)9-13-7-5-4-6-8-13/h4-8,12,16H,9-11,15H2,1-3H3. The van der Waals surface area contributed by atoms with Crippen LogP contribution in [0, 0.1) is 0 Å². The van der Waals surface area contributed by atoms with Gasteiger partial charge in [-0.1, -0.05) is 30.3 Å². The van der Waals surface area contributed by atoms with E-state index in [0.717, 1.165) is 13.0 Å². The predicted octanol–water partition coefficient (Wildman–Crippen LogP) is 1.57. The molecule has 0 saturated heterocycles. The topological polar surface area (TPSA) is 47.3 Å². The van der Waals surface area contributed by atoms with E-state index in [1.165, 1.54) is 5.56 Å². The summed E-state index contributed by atoms with van der Waals surface area (Å²) in [5.74, 6) is 0. The zero-order valence-electron chi connectivity index (χ0n) is 11.1. The highest BCUT2D eigenvalue weighted by molar-refractivity contribution is 5.17. The summed E-state index contributed by atoms with van der Waals surface area (Å²) in [6, 6.07) is 10.4. The van der Waals surface area contributed by atoms with Crippen LogP contribution in [0.2, 0.25) is 0 Å². The Morgan fingerprint density at radius 2 is 2.00 bits per heavy atom. The summed E-state index contributed by atoms with van der Waals surface area (Å²) < 4.78 is 5.24. The first-order valence-electron chi connectivity index (χ1n) is 6.11. The third-order valence-corrected chi connectivity index (χ3v) is 3.11. The summed E-state index contributed by atoms with van der Waals surface area (Å²) in [6.07, 6.45) is 1.14. The van der Waals surface area contributed by atoms with Gasteiger partial charge in [0.05, 0.1) is 6.10 Å². The molecule has 0 aliphatic carbocycles. The molecule has 96 valence electrons. The van der Waals surface area contributed by atoms with Crippen molar-refractivity contribution in [1.82, 2.24) is 5.32 Å². The number of hydrogen-bond donors (Lipinski definition) is 2. The fraction of sp³-hybridized carbons (Fsp3) is 0.571. The molecule has 17 heavy (non-hydrogen) atoms. The van der Waals surface area contributed by atoms with E-state index in [1.807, 2.05) is 13.0 Å². The van der Waals surface area contributed by atoms with Crippen LogP contribution in [0.1, 0.15) is 19.4 Å². The zero-order chi connectivity index (χ0) is 12.7. The number of hydrogen-bond acceptors (Lipinski definition) is 3. The Hall–Kier alpha value is -0.900. The van der Waals surface area contributed by atoms with Gasteiger partial charge in [-0.15, -0.1) is 0 Å². The van der Waals surface area contributed by atoms with Crippen molar-refractivity contribution in [1.29, 1.82) is 0 Å². The molecule has 2 unspecified atom stereocenters. The van der Waals surface area contributed by atoms with Crippen molar-refractivity contribution >= 4 is 0 Å². The van der Waals surface area contributed by atoms with Crippen molar-refractivity contribution < 1.29 is 4.74 Å². The molecule has 0 heterocycles. The molecule has 0 aliphatic rings.